The second kappa shape index (κ2) is 7.59. The van der Waals surface area contributed by atoms with Crippen LogP contribution < -0.4 is 0 Å². The molecule has 114 valence electrons. The summed E-state index contributed by atoms with van der Waals surface area (Å²) in [5.41, 5.74) is 0.537. The van der Waals surface area contributed by atoms with Crippen LogP contribution in [0.4, 0.5) is 5.69 Å². The van der Waals surface area contributed by atoms with Gasteiger partial charge in [-0.15, -0.1) is 0 Å². The van der Waals surface area contributed by atoms with E-state index in [0.29, 0.717) is 12.2 Å². The molecule has 5 nitrogen and oxygen atoms in total. The van der Waals surface area contributed by atoms with Gasteiger partial charge in [-0.25, -0.2) is 4.79 Å². The fourth-order valence-corrected chi connectivity index (χ4v) is 3.13. The molecule has 0 aliphatic rings. The highest BCUT2D eigenvalue weighted by atomic mass is 127. The molecular weight excluding hydrogens is 417 g/mol. The zero-order chi connectivity index (χ0) is 16.1. The van der Waals surface area contributed by atoms with Crippen molar-refractivity contribution in [2.24, 2.45) is 0 Å². The molecule has 0 saturated heterocycles. The minimum absolute atomic E-state index is 0.0394. The number of non-ortho nitro benzene ring substituents is 1. The van der Waals surface area contributed by atoms with Crippen molar-refractivity contribution in [2.45, 2.75) is 16.7 Å². The van der Waals surface area contributed by atoms with E-state index in [1.165, 1.54) is 23.9 Å². The smallest absolute Gasteiger partial charge is 0.339 e. The van der Waals surface area contributed by atoms with E-state index in [4.69, 9.17) is 4.74 Å². The predicted molar refractivity (Wildman–Crippen MR) is 92.3 cm³/mol. The number of ether oxygens (including phenoxy) is 1. The van der Waals surface area contributed by atoms with Crippen molar-refractivity contribution in [3.63, 3.8) is 0 Å². The van der Waals surface area contributed by atoms with Crippen molar-refractivity contribution in [3.05, 3.63) is 61.7 Å². The van der Waals surface area contributed by atoms with Crippen LogP contribution in [0.2, 0.25) is 0 Å². The molecule has 0 amide bonds. The third kappa shape index (κ3) is 4.20. The minimum Gasteiger partial charge on any atom is -0.462 e. The highest BCUT2D eigenvalue weighted by molar-refractivity contribution is 14.1. The van der Waals surface area contributed by atoms with Crippen molar-refractivity contribution in [3.8, 4) is 0 Å². The van der Waals surface area contributed by atoms with Crippen molar-refractivity contribution in [1.29, 1.82) is 0 Å². The number of nitrogens with zero attached hydrogens (tertiary/aromatic N) is 1. The van der Waals surface area contributed by atoms with E-state index in [2.05, 4.69) is 22.6 Å². The van der Waals surface area contributed by atoms with Crippen molar-refractivity contribution < 1.29 is 14.5 Å². The van der Waals surface area contributed by atoms with Gasteiger partial charge in [-0.3, -0.25) is 10.1 Å². The van der Waals surface area contributed by atoms with Gasteiger partial charge in [-0.05, 0) is 59.8 Å². The Morgan fingerprint density at radius 2 is 1.95 bits per heavy atom. The largest absolute Gasteiger partial charge is 0.462 e. The maximum Gasteiger partial charge on any atom is 0.339 e. The molecule has 0 bridgehead atoms. The number of esters is 1. The number of nitro benzene ring substituents is 1. The lowest BCUT2D eigenvalue weighted by Crippen LogP contribution is -2.06. The zero-order valence-corrected chi connectivity index (χ0v) is 14.6. The van der Waals surface area contributed by atoms with Crippen molar-refractivity contribution in [2.75, 3.05) is 6.61 Å². The molecule has 0 aliphatic carbocycles. The fraction of sp³-hybridized carbons (Fsp3) is 0.133. The quantitative estimate of drug-likeness (QED) is 0.303. The molecule has 0 atom stereocenters. The first-order valence-electron chi connectivity index (χ1n) is 6.40. The molecule has 0 heterocycles. The number of nitro groups is 1. The van der Waals surface area contributed by atoms with E-state index in [0.717, 1.165) is 13.4 Å². The van der Waals surface area contributed by atoms with E-state index in [1.54, 1.807) is 25.1 Å². The molecule has 0 radical (unpaired) electrons. The van der Waals surface area contributed by atoms with Gasteiger partial charge in [-0.1, -0.05) is 11.8 Å². The Hall–Kier alpha value is -1.61. The van der Waals surface area contributed by atoms with Gasteiger partial charge in [0.25, 0.3) is 5.69 Å². The van der Waals surface area contributed by atoms with E-state index >= 15 is 0 Å². The molecule has 22 heavy (non-hydrogen) atoms. The Kier molecular flexibility index (Phi) is 5.78. The number of carbonyl (C=O) groups excluding carboxylic acids is 1. The fourth-order valence-electron chi connectivity index (χ4n) is 1.72. The molecule has 0 N–H and O–H groups in total. The van der Waals surface area contributed by atoms with E-state index in [1.807, 2.05) is 12.1 Å². The summed E-state index contributed by atoms with van der Waals surface area (Å²) in [5.74, 6) is -0.370. The van der Waals surface area contributed by atoms with Crippen molar-refractivity contribution in [1.82, 2.24) is 0 Å². The average Bonchev–Trinajstić information content (AvgIpc) is 2.50. The summed E-state index contributed by atoms with van der Waals surface area (Å²) < 4.78 is 6.01. The Morgan fingerprint density at radius 3 is 2.55 bits per heavy atom. The number of benzene rings is 2. The molecule has 2 rings (SSSR count). The highest BCUT2D eigenvalue weighted by Gasteiger charge is 2.14. The van der Waals surface area contributed by atoms with E-state index < -0.39 is 4.92 Å². The molecule has 0 saturated carbocycles. The molecule has 2 aromatic rings. The first-order valence-corrected chi connectivity index (χ1v) is 8.29. The summed E-state index contributed by atoms with van der Waals surface area (Å²) in [6.07, 6.45) is 0. The Labute approximate surface area is 145 Å². The van der Waals surface area contributed by atoms with Crippen LogP contribution in [0.15, 0.2) is 52.3 Å². The minimum atomic E-state index is -0.441. The summed E-state index contributed by atoms with van der Waals surface area (Å²) in [7, 11) is 0. The Bertz CT molecular complexity index is 703. The van der Waals surface area contributed by atoms with Gasteiger partial charge in [0.05, 0.1) is 17.1 Å². The summed E-state index contributed by atoms with van der Waals surface area (Å²) >= 11 is 3.51. The van der Waals surface area contributed by atoms with Gasteiger partial charge < -0.3 is 4.74 Å². The SMILES string of the molecule is CCOC(=O)c1cc(I)ccc1Sc1ccc([N+](=O)[O-])cc1. The second-order valence-corrected chi connectivity index (χ2v) is 6.58. The predicted octanol–water partition coefficient (Wildman–Crippen LogP) is 4.53. The van der Waals surface area contributed by atoms with E-state index in [-0.39, 0.29) is 11.7 Å². The second-order valence-electron chi connectivity index (χ2n) is 4.21. The normalized spacial score (nSPS) is 10.3. The van der Waals surface area contributed by atoms with Gasteiger partial charge in [0.15, 0.2) is 0 Å². The lowest BCUT2D eigenvalue weighted by molar-refractivity contribution is -0.384. The third-order valence-electron chi connectivity index (χ3n) is 2.71. The van der Waals surface area contributed by atoms with Crippen LogP contribution >= 0.6 is 34.4 Å². The number of hydrogen-bond acceptors (Lipinski definition) is 5. The number of carbonyl (C=O) groups is 1. The maximum absolute atomic E-state index is 12.0. The van der Waals surface area contributed by atoms with Crippen LogP contribution in [-0.2, 0) is 4.74 Å². The van der Waals surface area contributed by atoms with Crippen LogP contribution in [0, 0.1) is 13.7 Å². The van der Waals surface area contributed by atoms with Gasteiger partial charge in [0, 0.05) is 25.5 Å². The lowest BCUT2D eigenvalue weighted by atomic mass is 10.2. The summed E-state index contributed by atoms with van der Waals surface area (Å²) in [6, 6.07) is 11.7. The molecule has 0 aromatic heterocycles. The molecule has 0 fully saturated rings. The van der Waals surface area contributed by atoms with Crippen LogP contribution in [0.3, 0.4) is 0 Å². The molecule has 0 spiro atoms. The average molecular weight is 429 g/mol. The number of halogens is 1. The molecule has 0 unspecified atom stereocenters. The van der Waals surface area contributed by atoms with Gasteiger partial charge in [0.2, 0.25) is 0 Å². The zero-order valence-electron chi connectivity index (χ0n) is 11.6. The van der Waals surface area contributed by atoms with Crippen molar-refractivity contribution >= 4 is 46.0 Å². The van der Waals surface area contributed by atoms with Gasteiger partial charge in [0.1, 0.15) is 0 Å². The molecule has 2 aromatic carbocycles. The molecule has 7 heteroatoms. The Morgan fingerprint density at radius 1 is 1.27 bits per heavy atom. The van der Waals surface area contributed by atoms with Crippen LogP contribution in [-0.4, -0.2) is 17.5 Å². The lowest BCUT2D eigenvalue weighted by Gasteiger charge is -2.09. The first-order chi connectivity index (χ1) is 10.5. The van der Waals surface area contributed by atoms with E-state index in [9.17, 15) is 14.9 Å². The number of rotatable bonds is 5. The topological polar surface area (TPSA) is 69.4 Å². The van der Waals surface area contributed by atoms with Gasteiger partial charge >= 0.3 is 5.97 Å². The standard InChI is InChI=1S/C15H12INO4S/c1-2-21-15(18)13-9-10(16)3-8-14(13)22-12-6-4-11(5-7-12)17(19)20/h3-9H,2H2,1H3. The highest BCUT2D eigenvalue weighted by Crippen LogP contribution is 2.32. The summed E-state index contributed by atoms with van der Waals surface area (Å²) in [4.78, 5) is 23.8. The van der Waals surface area contributed by atoms with Gasteiger partial charge in [-0.2, -0.15) is 0 Å². The third-order valence-corrected chi connectivity index (χ3v) is 4.47. The maximum atomic E-state index is 12.0. The number of hydrogen-bond donors (Lipinski definition) is 0. The van der Waals surface area contributed by atoms with Crippen LogP contribution in [0.5, 0.6) is 0 Å². The summed E-state index contributed by atoms with van der Waals surface area (Å²) in [6.45, 7) is 2.07. The monoisotopic (exact) mass is 429 g/mol. The first kappa shape index (κ1) is 16.8. The van der Waals surface area contributed by atoms with Crippen LogP contribution in [0.25, 0.3) is 0 Å². The molecular formula is C15H12INO4S. The molecule has 0 aliphatic heterocycles. The Balaban J connectivity index is 2.28. The summed E-state index contributed by atoms with van der Waals surface area (Å²) in [5, 5.41) is 10.7. The van der Waals surface area contributed by atoms with Crippen LogP contribution in [0.1, 0.15) is 17.3 Å².